The van der Waals surface area contributed by atoms with Gasteiger partial charge >= 0.3 is 12.1 Å². The van der Waals surface area contributed by atoms with Crippen molar-refractivity contribution in [3.63, 3.8) is 0 Å². The van der Waals surface area contributed by atoms with Gasteiger partial charge in [-0.2, -0.15) is 23.3 Å². The highest BCUT2D eigenvalue weighted by atomic mass is 32.1. The average Bonchev–Trinajstić information content (AvgIpc) is 3.59. The third-order valence-corrected chi connectivity index (χ3v) is 5.41. The number of hydrogen-bond donors (Lipinski definition) is 0. The Morgan fingerprint density at radius 3 is 2.61 bits per heavy atom. The first-order chi connectivity index (χ1) is 16.0. The first kappa shape index (κ1) is 20.7. The molecule has 0 N–H and O–H groups in total. The van der Waals surface area contributed by atoms with Crippen LogP contribution in [0.1, 0.15) is 10.8 Å². The van der Waals surface area contributed by atoms with E-state index in [4.69, 9.17) is 0 Å². The molecular formula is C19H12F3N9OS. The number of rotatable bonds is 6. The van der Waals surface area contributed by atoms with E-state index in [2.05, 4.69) is 39.9 Å². The second-order valence-corrected chi connectivity index (χ2v) is 7.71. The van der Waals surface area contributed by atoms with Crippen LogP contribution in [0.4, 0.5) is 24.8 Å². The summed E-state index contributed by atoms with van der Waals surface area (Å²) in [6, 6.07) is 8.70. The molecule has 0 bridgehead atoms. The van der Waals surface area contributed by atoms with Crippen LogP contribution < -0.4 is 4.90 Å². The number of anilines is 2. The Morgan fingerprint density at radius 1 is 1.03 bits per heavy atom. The molecule has 0 radical (unpaired) electrons. The minimum absolute atomic E-state index is 0.131. The highest BCUT2D eigenvalue weighted by Gasteiger charge is 2.38. The van der Waals surface area contributed by atoms with Crippen LogP contribution in [0.15, 0.2) is 65.8 Å². The van der Waals surface area contributed by atoms with E-state index in [0.29, 0.717) is 28.9 Å². The van der Waals surface area contributed by atoms with E-state index < -0.39 is 12.1 Å². The first-order valence-corrected chi connectivity index (χ1v) is 10.2. The van der Waals surface area contributed by atoms with E-state index in [1.54, 1.807) is 70.9 Å². The standard InChI is InChI=1S/C19H12F3N9OS/c20-19(21,22)18-26-17(29-32-18)13-3-2-12(33-13)11-30(16-10-23-7-8-24-16)14-4-5-15(28-27-14)31-9-1-6-25-31/h1-10H,11H2. The van der Waals surface area contributed by atoms with E-state index in [0.717, 1.165) is 4.88 Å². The summed E-state index contributed by atoms with van der Waals surface area (Å²) in [6.07, 6.45) is 3.36. The molecule has 0 unspecified atom stereocenters. The molecule has 5 rings (SSSR count). The molecule has 166 valence electrons. The van der Waals surface area contributed by atoms with Crippen molar-refractivity contribution in [2.45, 2.75) is 12.7 Å². The second-order valence-electron chi connectivity index (χ2n) is 6.54. The molecule has 5 aromatic heterocycles. The van der Waals surface area contributed by atoms with Crippen molar-refractivity contribution in [1.29, 1.82) is 0 Å². The SMILES string of the molecule is FC(F)(F)c1nc(-c2ccc(CN(c3cnccn3)c3ccc(-n4cccn4)nn3)s2)no1. The lowest BCUT2D eigenvalue weighted by molar-refractivity contribution is -0.159. The summed E-state index contributed by atoms with van der Waals surface area (Å²) in [7, 11) is 0. The summed E-state index contributed by atoms with van der Waals surface area (Å²) in [5.74, 6) is 0.0424. The quantitative estimate of drug-likeness (QED) is 0.364. The summed E-state index contributed by atoms with van der Waals surface area (Å²) in [6.45, 7) is 0.309. The number of thiophene rings is 1. The van der Waals surface area contributed by atoms with Gasteiger partial charge in [0.05, 0.1) is 17.6 Å². The van der Waals surface area contributed by atoms with Gasteiger partial charge in [0.25, 0.3) is 0 Å². The molecule has 33 heavy (non-hydrogen) atoms. The van der Waals surface area contributed by atoms with Crippen LogP contribution in [0.25, 0.3) is 16.5 Å². The highest BCUT2D eigenvalue weighted by molar-refractivity contribution is 7.15. The normalized spacial score (nSPS) is 11.6. The van der Waals surface area contributed by atoms with Gasteiger partial charge in [-0.25, -0.2) is 9.67 Å². The van der Waals surface area contributed by atoms with E-state index in [1.165, 1.54) is 11.3 Å². The maximum atomic E-state index is 12.8. The van der Waals surface area contributed by atoms with Crippen LogP contribution in [0.3, 0.4) is 0 Å². The first-order valence-electron chi connectivity index (χ1n) is 9.35. The fourth-order valence-corrected chi connectivity index (χ4v) is 3.80. The third-order valence-electron chi connectivity index (χ3n) is 4.34. The molecule has 5 heterocycles. The minimum atomic E-state index is -4.70. The molecule has 0 atom stereocenters. The molecule has 0 saturated heterocycles. The van der Waals surface area contributed by atoms with Crippen LogP contribution in [-0.2, 0) is 12.7 Å². The Kier molecular flexibility index (Phi) is 5.26. The minimum Gasteiger partial charge on any atom is -0.329 e. The lowest BCUT2D eigenvalue weighted by Gasteiger charge is -2.21. The Bertz CT molecular complexity index is 1340. The Hall–Kier alpha value is -4.20. The smallest absolute Gasteiger partial charge is 0.329 e. The van der Waals surface area contributed by atoms with E-state index >= 15 is 0 Å². The summed E-state index contributed by atoms with van der Waals surface area (Å²) in [5, 5.41) is 16.1. The molecular weight excluding hydrogens is 459 g/mol. The predicted octanol–water partition coefficient (Wildman–Crippen LogP) is 3.92. The Balaban J connectivity index is 1.42. The molecule has 0 saturated carbocycles. The lowest BCUT2D eigenvalue weighted by Crippen LogP contribution is -2.19. The topological polar surface area (TPSA) is 112 Å². The van der Waals surface area contributed by atoms with Crippen LogP contribution >= 0.6 is 11.3 Å². The molecule has 0 aliphatic rings. The fraction of sp³-hybridized carbons (Fsp3) is 0.105. The van der Waals surface area contributed by atoms with E-state index in [1.807, 2.05) is 0 Å². The van der Waals surface area contributed by atoms with Crippen molar-refractivity contribution in [1.82, 2.24) is 40.1 Å². The number of halogens is 3. The molecule has 14 heteroatoms. The Morgan fingerprint density at radius 2 is 1.94 bits per heavy atom. The zero-order valence-electron chi connectivity index (χ0n) is 16.5. The molecule has 10 nitrogen and oxygen atoms in total. The maximum absolute atomic E-state index is 12.8. The average molecular weight is 471 g/mol. The van der Waals surface area contributed by atoms with Crippen molar-refractivity contribution in [2.75, 3.05) is 4.90 Å². The van der Waals surface area contributed by atoms with Gasteiger partial charge in [-0.3, -0.25) is 4.98 Å². The number of alkyl halides is 3. The van der Waals surface area contributed by atoms with Crippen molar-refractivity contribution >= 4 is 23.0 Å². The van der Waals surface area contributed by atoms with Crippen LogP contribution in [0.5, 0.6) is 0 Å². The molecule has 0 fully saturated rings. The van der Waals surface area contributed by atoms with Gasteiger partial charge in [0, 0.05) is 29.7 Å². The van der Waals surface area contributed by atoms with Crippen LogP contribution in [-0.4, -0.2) is 40.1 Å². The third kappa shape index (κ3) is 4.41. The van der Waals surface area contributed by atoms with Crippen molar-refractivity contribution in [2.24, 2.45) is 0 Å². The van der Waals surface area contributed by atoms with Gasteiger partial charge < -0.3 is 9.42 Å². The van der Waals surface area contributed by atoms with E-state index in [9.17, 15) is 13.2 Å². The molecule has 0 amide bonds. The van der Waals surface area contributed by atoms with Crippen LogP contribution in [0.2, 0.25) is 0 Å². The zero-order chi connectivity index (χ0) is 22.8. The van der Waals surface area contributed by atoms with Crippen molar-refractivity contribution < 1.29 is 17.7 Å². The zero-order valence-corrected chi connectivity index (χ0v) is 17.3. The summed E-state index contributed by atoms with van der Waals surface area (Å²) in [4.78, 5) is 14.9. The Labute approximate surface area is 187 Å². The van der Waals surface area contributed by atoms with Crippen molar-refractivity contribution in [3.05, 3.63) is 72.1 Å². The van der Waals surface area contributed by atoms with E-state index in [-0.39, 0.29) is 5.82 Å². The highest BCUT2D eigenvalue weighted by Crippen LogP contribution is 2.33. The fourth-order valence-electron chi connectivity index (χ4n) is 2.88. The van der Waals surface area contributed by atoms with Gasteiger partial charge in [0.1, 0.15) is 0 Å². The number of hydrogen-bond acceptors (Lipinski definition) is 10. The van der Waals surface area contributed by atoms with Gasteiger partial charge in [0.15, 0.2) is 17.5 Å². The monoisotopic (exact) mass is 471 g/mol. The summed E-state index contributed by atoms with van der Waals surface area (Å²) < 4.78 is 44.2. The summed E-state index contributed by atoms with van der Waals surface area (Å²) >= 11 is 1.22. The van der Waals surface area contributed by atoms with Gasteiger partial charge in [0.2, 0.25) is 5.82 Å². The molecule has 0 spiro atoms. The molecule has 0 aliphatic carbocycles. The van der Waals surface area contributed by atoms with Gasteiger partial charge in [-0.15, -0.1) is 21.5 Å². The molecule has 0 aliphatic heterocycles. The number of nitrogens with zero attached hydrogens (tertiary/aromatic N) is 9. The largest absolute Gasteiger partial charge is 0.471 e. The van der Waals surface area contributed by atoms with Gasteiger partial charge in [-0.1, -0.05) is 5.16 Å². The molecule has 5 aromatic rings. The van der Waals surface area contributed by atoms with Gasteiger partial charge in [-0.05, 0) is 30.3 Å². The maximum Gasteiger partial charge on any atom is 0.471 e. The second kappa shape index (κ2) is 8.38. The van der Waals surface area contributed by atoms with Crippen molar-refractivity contribution in [3.8, 4) is 16.5 Å². The lowest BCUT2D eigenvalue weighted by atomic mass is 10.3. The molecule has 0 aromatic carbocycles. The predicted molar refractivity (Wildman–Crippen MR) is 110 cm³/mol. The van der Waals surface area contributed by atoms with Crippen LogP contribution in [0, 0.1) is 0 Å². The summed E-state index contributed by atoms with van der Waals surface area (Å²) in [5.41, 5.74) is 0. The number of aromatic nitrogens is 8.